The lowest BCUT2D eigenvalue weighted by atomic mass is 10.1. The molecule has 20 heavy (non-hydrogen) atoms. The van der Waals surface area contributed by atoms with Crippen LogP contribution in [0.3, 0.4) is 0 Å². The van der Waals surface area contributed by atoms with Gasteiger partial charge in [-0.2, -0.15) is 11.8 Å². The average Bonchev–Trinajstić information content (AvgIpc) is 2.87. The largest absolute Gasteiger partial charge is 0.459 e. The first-order chi connectivity index (χ1) is 9.70. The predicted molar refractivity (Wildman–Crippen MR) is 86.5 cm³/mol. The van der Waals surface area contributed by atoms with E-state index < -0.39 is 0 Å². The van der Waals surface area contributed by atoms with Gasteiger partial charge in [0.05, 0.1) is 6.04 Å². The SMILES string of the molecule is CNC(c1cc2cccc(C)c2o1)C1CSCCN1C. The van der Waals surface area contributed by atoms with Crippen LogP contribution in [0.15, 0.2) is 28.7 Å². The zero-order valence-corrected chi connectivity index (χ0v) is 13.2. The van der Waals surface area contributed by atoms with E-state index in [1.807, 2.05) is 18.8 Å². The first-order valence-corrected chi connectivity index (χ1v) is 8.30. The van der Waals surface area contributed by atoms with E-state index in [0.717, 1.165) is 23.6 Å². The highest BCUT2D eigenvalue weighted by Crippen LogP contribution is 2.31. The van der Waals surface area contributed by atoms with E-state index in [0.29, 0.717) is 6.04 Å². The Balaban J connectivity index is 1.96. The molecule has 0 saturated carbocycles. The van der Waals surface area contributed by atoms with E-state index in [-0.39, 0.29) is 6.04 Å². The number of furan rings is 1. The van der Waals surface area contributed by atoms with E-state index in [4.69, 9.17) is 4.42 Å². The average molecular weight is 290 g/mol. The Labute approximate surface area is 124 Å². The Morgan fingerprint density at radius 1 is 1.45 bits per heavy atom. The van der Waals surface area contributed by atoms with Crippen molar-refractivity contribution in [3.05, 3.63) is 35.6 Å². The molecule has 0 amide bonds. The van der Waals surface area contributed by atoms with Crippen molar-refractivity contribution in [1.82, 2.24) is 10.2 Å². The Morgan fingerprint density at radius 3 is 3.00 bits per heavy atom. The Bertz CT molecular complexity index is 595. The summed E-state index contributed by atoms with van der Waals surface area (Å²) in [5.41, 5.74) is 2.23. The number of nitrogens with one attached hydrogen (secondary N) is 1. The number of hydrogen-bond acceptors (Lipinski definition) is 4. The van der Waals surface area contributed by atoms with Crippen molar-refractivity contribution in [3.8, 4) is 0 Å². The summed E-state index contributed by atoms with van der Waals surface area (Å²) in [5.74, 6) is 3.43. The molecule has 0 bridgehead atoms. The first kappa shape index (κ1) is 14.0. The van der Waals surface area contributed by atoms with Gasteiger partial charge < -0.3 is 9.73 Å². The lowest BCUT2D eigenvalue weighted by Crippen LogP contribution is -2.46. The molecule has 2 atom stereocenters. The molecule has 2 unspecified atom stereocenters. The molecule has 1 N–H and O–H groups in total. The summed E-state index contributed by atoms with van der Waals surface area (Å²) in [6, 6.07) is 9.25. The number of benzene rings is 1. The lowest BCUT2D eigenvalue weighted by molar-refractivity contribution is 0.207. The Morgan fingerprint density at radius 2 is 2.30 bits per heavy atom. The van der Waals surface area contributed by atoms with Crippen LogP contribution in [0.2, 0.25) is 0 Å². The van der Waals surface area contributed by atoms with E-state index in [2.05, 4.69) is 48.5 Å². The van der Waals surface area contributed by atoms with Gasteiger partial charge in [0, 0.05) is 29.5 Å². The molecule has 1 fully saturated rings. The molecule has 1 aliphatic rings. The van der Waals surface area contributed by atoms with Crippen LogP contribution < -0.4 is 5.32 Å². The smallest absolute Gasteiger partial charge is 0.137 e. The van der Waals surface area contributed by atoms with Crippen molar-refractivity contribution in [2.75, 3.05) is 32.1 Å². The molecule has 0 aliphatic carbocycles. The van der Waals surface area contributed by atoms with Gasteiger partial charge in [0.2, 0.25) is 0 Å². The fourth-order valence-electron chi connectivity index (χ4n) is 2.96. The molecule has 108 valence electrons. The molecule has 3 rings (SSSR count). The second-order valence-electron chi connectivity index (χ2n) is 5.53. The second-order valence-corrected chi connectivity index (χ2v) is 6.68. The van der Waals surface area contributed by atoms with Crippen molar-refractivity contribution >= 4 is 22.7 Å². The minimum absolute atomic E-state index is 0.250. The van der Waals surface area contributed by atoms with Gasteiger partial charge in [0.1, 0.15) is 11.3 Å². The van der Waals surface area contributed by atoms with E-state index in [1.165, 1.54) is 16.7 Å². The highest BCUT2D eigenvalue weighted by atomic mass is 32.2. The molecular formula is C16H22N2OS. The van der Waals surface area contributed by atoms with Gasteiger partial charge in [0.25, 0.3) is 0 Å². The number of para-hydroxylation sites is 1. The maximum Gasteiger partial charge on any atom is 0.137 e. The van der Waals surface area contributed by atoms with Crippen LogP contribution in [0, 0.1) is 6.92 Å². The third-order valence-corrected chi connectivity index (χ3v) is 5.25. The fraction of sp³-hybridized carbons (Fsp3) is 0.500. The molecule has 1 aromatic heterocycles. The highest BCUT2D eigenvalue weighted by Gasteiger charge is 2.30. The third kappa shape index (κ3) is 2.48. The molecule has 1 aromatic carbocycles. The summed E-state index contributed by atoms with van der Waals surface area (Å²) in [7, 11) is 4.24. The zero-order chi connectivity index (χ0) is 14.1. The molecule has 4 heteroatoms. The Kier molecular flexibility index (Phi) is 4.06. The molecule has 3 nitrogen and oxygen atoms in total. The van der Waals surface area contributed by atoms with Crippen LogP contribution in [0.1, 0.15) is 17.4 Å². The summed E-state index contributed by atoms with van der Waals surface area (Å²) in [6.07, 6.45) is 0. The number of likely N-dealkylation sites (N-methyl/N-ethyl adjacent to an activating group) is 2. The summed E-state index contributed by atoms with van der Waals surface area (Å²) in [6.45, 7) is 3.25. The number of aryl methyl sites for hydroxylation is 1. The zero-order valence-electron chi connectivity index (χ0n) is 12.3. The van der Waals surface area contributed by atoms with Crippen LogP contribution in [-0.2, 0) is 0 Å². The van der Waals surface area contributed by atoms with Gasteiger partial charge in [-0.15, -0.1) is 0 Å². The van der Waals surface area contributed by atoms with Gasteiger partial charge in [-0.3, -0.25) is 4.90 Å². The maximum atomic E-state index is 6.15. The minimum Gasteiger partial charge on any atom is -0.459 e. The lowest BCUT2D eigenvalue weighted by Gasteiger charge is -2.36. The monoisotopic (exact) mass is 290 g/mol. The standard InChI is InChI=1S/C16H22N2OS/c1-11-5-4-6-12-9-14(19-16(11)12)15(17-2)13-10-20-8-7-18(13)3/h4-6,9,13,15,17H,7-8,10H2,1-3H3. The second kappa shape index (κ2) is 5.80. The van der Waals surface area contributed by atoms with Crippen LogP contribution >= 0.6 is 11.8 Å². The first-order valence-electron chi connectivity index (χ1n) is 7.15. The van der Waals surface area contributed by atoms with Gasteiger partial charge in [0.15, 0.2) is 0 Å². The van der Waals surface area contributed by atoms with E-state index in [1.54, 1.807) is 0 Å². The van der Waals surface area contributed by atoms with Crippen molar-refractivity contribution in [2.24, 2.45) is 0 Å². The molecular weight excluding hydrogens is 268 g/mol. The minimum atomic E-state index is 0.250. The van der Waals surface area contributed by atoms with Gasteiger partial charge in [-0.25, -0.2) is 0 Å². The van der Waals surface area contributed by atoms with Crippen LogP contribution in [0.25, 0.3) is 11.0 Å². The summed E-state index contributed by atoms with van der Waals surface area (Å²) >= 11 is 2.03. The summed E-state index contributed by atoms with van der Waals surface area (Å²) in [4.78, 5) is 2.44. The number of nitrogens with zero attached hydrogens (tertiary/aromatic N) is 1. The molecule has 0 radical (unpaired) electrons. The van der Waals surface area contributed by atoms with Crippen molar-refractivity contribution < 1.29 is 4.42 Å². The quantitative estimate of drug-likeness (QED) is 0.940. The van der Waals surface area contributed by atoms with Crippen molar-refractivity contribution in [1.29, 1.82) is 0 Å². The van der Waals surface area contributed by atoms with Gasteiger partial charge in [-0.1, -0.05) is 18.2 Å². The third-order valence-electron chi connectivity index (χ3n) is 4.21. The molecule has 2 aromatic rings. The number of rotatable bonds is 3. The van der Waals surface area contributed by atoms with Crippen molar-refractivity contribution in [2.45, 2.75) is 19.0 Å². The predicted octanol–water partition coefficient (Wildman–Crippen LogP) is 3.05. The van der Waals surface area contributed by atoms with Gasteiger partial charge in [-0.05, 0) is 32.6 Å². The summed E-state index contributed by atoms with van der Waals surface area (Å²) in [5, 5.41) is 4.65. The van der Waals surface area contributed by atoms with Gasteiger partial charge >= 0.3 is 0 Å². The number of hydrogen-bond donors (Lipinski definition) is 1. The van der Waals surface area contributed by atoms with E-state index >= 15 is 0 Å². The molecule has 1 saturated heterocycles. The molecule has 1 aliphatic heterocycles. The fourth-order valence-corrected chi connectivity index (χ4v) is 4.23. The number of thioether (sulfide) groups is 1. The molecule has 0 spiro atoms. The molecule has 2 heterocycles. The highest BCUT2D eigenvalue weighted by molar-refractivity contribution is 7.99. The maximum absolute atomic E-state index is 6.15. The normalized spacial score (nSPS) is 22.2. The van der Waals surface area contributed by atoms with Crippen LogP contribution in [-0.4, -0.2) is 43.1 Å². The summed E-state index contributed by atoms with van der Waals surface area (Å²) < 4.78 is 6.15. The van der Waals surface area contributed by atoms with E-state index in [9.17, 15) is 0 Å². The topological polar surface area (TPSA) is 28.4 Å². The number of fused-ring (bicyclic) bond motifs is 1. The Hall–Kier alpha value is -0.970. The van der Waals surface area contributed by atoms with Crippen LogP contribution in [0.4, 0.5) is 0 Å². The van der Waals surface area contributed by atoms with Crippen LogP contribution in [0.5, 0.6) is 0 Å². The van der Waals surface area contributed by atoms with Crippen molar-refractivity contribution in [3.63, 3.8) is 0 Å².